The highest BCUT2D eigenvalue weighted by Crippen LogP contribution is 2.28. The Balaban J connectivity index is 1.61. The molecule has 0 radical (unpaired) electrons. The monoisotopic (exact) mass is 342 g/mol. The van der Waals surface area contributed by atoms with Crippen molar-refractivity contribution >= 4 is 28.4 Å². The molecule has 0 aliphatic carbocycles. The number of nitrogens with zero attached hydrogens (tertiary/aromatic N) is 4. The summed E-state index contributed by atoms with van der Waals surface area (Å²) in [5.74, 6) is 1.19. The van der Waals surface area contributed by atoms with Crippen molar-refractivity contribution in [2.75, 3.05) is 13.6 Å². The lowest BCUT2D eigenvalue weighted by molar-refractivity contribution is -0.126. The Kier molecular flexibility index (Phi) is 3.69. The number of likely N-dealkylation sites (N-methyl/N-ethyl adjacent to an activating group) is 1. The van der Waals surface area contributed by atoms with Crippen molar-refractivity contribution in [1.82, 2.24) is 20.0 Å². The fourth-order valence-electron chi connectivity index (χ4n) is 3.04. The summed E-state index contributed by atoms with van der Waals surface area (Å²) in [6, 6.07) is 7.58. The van der Waals surface area contributed by atoms with Crippen LogP contribution in [0.2, 0.25) is 5.02 Å². The van der Waals surface area contributed by atoms with E-state index in [0.29, 0.717) is 36.1 Å². The standard InChI is InChI=1S/C17H15ClN4O2/c1-22-9-11(8-15(22)23)17-20-14(21-24-17)7-10-4-5-13(18)12-3-2-6-19-16(10)12/h2-6,11H,7-9H2,1H3. The maximum atomic E-state index is 11.6. The molecule has 0 bridgehead atoms. The molecule has 1 saturated heterocycles. The summed E-state index contributed by atoms with van der Waals surface area (Å²) in [6.07, 6.45) is 2.66. The van der Waals surface area contributed by atoms with E-state index in [4.69, 9.17) is 16.1 Å². The number of halogens is 1. The molecule has 1 aliphatic heterocycles. The Bertz CT molecular complexity index is 924. The highest BCUT2D eigenvalue weighted by Gasteiger charge is 2.32. The molecule has 122 valence electrons. The topological polar surface area (TPSA) is 72.1 Å². The molecule has 0 saturated carbocycles. The van der Waals surface area contributed by atoms with Gasteiger partial charge in [0.05, 0.1) is 11.4 Å². The zero-order chi connectivity index (χ0) is 16.7. The van der Waals surface area contributed by atoms with Crippen LogP contribution < -0.4 is 0 Å². The second-order valence-corrected chi connectivity index (χ2v) is 6.41. The second-order valence-electron chi connectivity index (χ2n) is 6.01. The highest BCUT2D eigenvalue weighted by molar-refractivity contribution is 6.35. The maximum Gasteiger partial charge on any atom is 0.232 e. The van der Waals surface area contributed by atoms with E-state index >= 15 is 0 Å². The minimum atomic E-state index is -0.0242. The van der Waals surface area contributed by atoms with Crippen LogP contribution >= 0.6 is 11.6 Å². The number of amides is 1. The molecule has 1 fully saturated rings. The summed E-state index contributed by atoms with van der Waals surface area (Å²) < 4.78 is 5.37. The number of carbonyl (C=O) groups is 1. The number of hydrogen-bond acceptors (Lipinski definition) is 5. The van der Waals surface area contributed by atoms with Gasteiger partial charge in [0.2, 0.25) is 11.8 Å². The first kappa shape index (κ1) is 15.1. The summed E-state index contributed by atoms with van der Waals surface area (Å²) in [5.41, 5.74) is 1.83. The lowest BCUT2D eigenvalue weighted by Crippen LogP contribution is -2.18. The van der Waals surface area contributed by atoms with E-state index in [2.05, 4.69) is 15.1 Å². The van der Waals surface area contributed by atoms with Gasteiger partial charge in [-0.25, -0.2) is 0 Å². The van der Waals surface area contributed by atoms with Crippen LogP contribution in [0.3, 0.4) is 0 Å². The van der Waals surface area contributed by atoms with Crippen LogP contribution in [0.4, 0.5) is 0 Å². The van der Waals surface area contributed by atoms with Crippen LogP contribution in [-0.4, -0.2) is 39.5 Å². The largest absolute Gasteiger partial charge is 0.345 e. The molecule has 1 atom stereocenters. The first-order valence-electron chi connectivity index (χ1n) is 7.70. The second kappa shape index (κ2) is 5.87. The molecular formula is C17H15ClN4O2. The normalized spacial score (nSPS) is 17.8. The van der Waals surface area contributed by atoms with Crippen LogP contribution in [0.5, 0.6) is 0 Å². The predicted octanol–water partition coefficient (Wildman–Crippen LogP) is 2.81. The first-order chi connectivity index (χ1) is 11.6. The minimum Gasteiger partial charge on any atom is -0.345 e. The lowest BCUT2D eigenvalue weighted by Gasteiger charge is -2.06. The number of pyridine rings is 1. The average molecular weight is 343 g/mol. The van der Waals surface area contributed by atoms with Crippen LogP contribution in [0.25, 0.3) is 10.9 Å². The highest BCUT2D eigenvalue weighted by atomic mass is 35.5. The van der Waals surface area contributed by atoms with Gasteiger partial charge in [0.1, 0.15) is 0 Å². The first-order valence-corrected chi connectivity index (χ1v) is 8.08. The van der Waals surface area contributed by atoms with Gasteiger partial charge in [0.15, 0.2) is 5.82 Å². The smallest absolute Gasteiger partial charge is 0.232 e. The zero-order valence-corrected chi connectivity index (χ0v) is 13.8. The van der Waals surface area contributed by atoms with Crippen molar-refractivity contribution in [1.29, 1.82) is 0 Å². The summed E-state index contributed by atoms with van der Waals surface area (Å²) in [4.78, 5) is 22.2. The third-order valence-electron chi connectivity index (χ3n) is 4.32. The Hall–Kier alpha value is -2.47. The maximum absolute atomic E-state index is 11.6. The van der Waals surface area contributed by atoms with Crippen molar-refractivity contribution in [3.63, 3.8) is 0 Å². The van der Waals surface area contributed by atoms with Gasteiger partial charge in [0, 0.05) is 43.0 Å². The number of fused-ring (bicyclic) bond motifs is 1. The summed E-state index contributed by atoms with van der Waals surface area (Å²) in [7, 11) is 1.78. The molecule has 0 N–H and O–H groups in total. The number of rotatable bonds is 3. The predicted molar refractivity (Wildman–Crippen MR) is 88.9 cm³/mol. The quantitative estimate of drug-likeness (QED) is 0.731. The SMILES string of the molecule is CN1CC(c2nc(Cc3ccc(Cl)c4cccnc34)no2)CC1=O. The van der Waals surface area contributed by atoms with E-state index in [1.54, 1.807) is 18.1 Å². The molecule has 1 aliphatic rings. The van der Waals surface area contributed by atoms with Gasteiger partial charge in [-0.2, -0.15) is 4.98 Å². The molecule has 1 amide bonds. The summed E-state index contributed by atoms with van der Waals surface area (Å²) in [6.45, 7) is 0.617. The van der Waals surface area contributed by atoms with Gasteiger partial charge in [-0.1, -0.05) is 22.8 Å². The van der Waals surface area contributed by atoms with Crippen LogP contribution in [-0.2, 0) is 11.2 Å². The van der Waals surface area contributed by atoms with Gasteiger partial charge in [-0.05, 0) is 23.8 Å². The number of carbonyl (C=O) groups excluding carboxylic acids is 1. The number of aromatic nitrogens is 3. The van der Waals surface area contributed by atoms with E-state index in [1.807, 2.05) is 24.3 Å². The molecule has 1 aromatic carbocycles. The Morgan fingerprint density at radius 2 is 2.25 bits per heavy atom. The third-order valence-corrected chi connectivity index (χ3v) is 4.65. The Morgan fingerprint density at radius 1 is 1.38 bits per heavy atom. The average Bonchev–Trinajstić information content (AvgIpc) is 3.18. The minimum absolute atomic E-state index is 0.0242. The lowest BCUT2D eigenvalue weighted by atomic mass is 10.1. The van der Waals surface area contributed by atoms with E-state index in [9.17, 15) is 4.79 Å². The molecule has 24 heavy (non-hydrogen) atoms. The Labute approximate surface area is 143 Å². The van der Waals surface area contributed by atoms with Crippen LogP contribution in [0, 0.1) is 0 Å². The molecule has 3 heterocycles. The fourth-order valence-corrected chi connectivity index (χ4v) is 3.26. The van der Waals surface area contributed by atoms with Crippen molar-refractivity contribution < 1.29 is 9.32 Å². The van der Waals surface area contributed by atoms with E-state index in [0.717, 1.165) is 16.5 Å². The number of benzene rings is 1. The van der Waals surface area contributed by atoms with Crippen LogP contribution in [0.15, 0.2) is 35.0 Å². The summed E-state index contributed by atoms with van der Waals surface area (Å²) in [5, 5.41) is 5.63. The van der Waals surface area contributed by atoms with Gasteiger partial charge < -0.3 is 9.42 Å². The van der Waals surface area contributed by atoms with E-state index in [-0.39, 0.29) is 11.8 Å². The molecule has 0 spiro atoms. The van der Waals surface area contributed by atoms with Crippen molar-refractivity contribution in [2.24, 2.45) is 0 Å². The fraction of sp³-hybridized carbons (Fsp3) is 0.294. The molecular weight excluding hydrogens is 328 g/mol. The van der Waals surface area contributed by atoms with Crippen molar-refractivity contribution in [3.8, 4) is 0 Å². The van der Waals surface area contributed by atoms with Crippen molar-refractivity contribution in [2.45, 2.75) is 18.8 Å². The molecule has 2 aromatic heterocycles. The van der Waals surface area contributed by atoms with Gasteiger partial charge in [-0.3, -0.25) is 9.78 Å². The molecule has 4 rings (SSSR count). The molecule has 3 aromatic rings. The van der Waals surface area contributed by atoms with Gasteiger partial charge in [0.25, 0.3) is 0 Å². The summed E-state index contributed by atoms with van der Waals surface area (Å²) >= 11 is 6.22. The third kappa shape index (κ3) is 2.63. The van der Waals surface area contributed by atoms with E-state index < -0.39 is 0 Å². The molecule has 1 unspecified atom stereocenters. The Morgan fingerprint density at radius 3 is 3.04 bits per heavy atom. The van der Waals surface area contributed by atoms with Crippen LogP contribution in [0.1, 0.15) is 29.6 Å². The number of likely N-dealkylation sites (tertiary alicyclic amines) is 1. The van der Waals surface area contributed by atoms with E-state index in [1.165, 1.54) is 0 Å². The van der Waals surface area contributed by atoms with Gasteiger partial charge in [-0.15, -0.1) is 0 Å². The zero-order valence-electron chi connectivity index (χ0n) is 13.1. The van der Waals surface area contributed by atoms with Crippen molar-refractivity contribution in [3.05, 3.63) is 52.8 Å². The molecule has 6 nitrogen and oxygen atoms in total. The van der Waals surface area contributed by atoms with Gasteiger partial charge >= 0.3 is 0 Å². The number of hydrogen-bond donors (Lipinski definition) is 0. The molecule has 7 heteroatoms.